The highest BCUT2D eigenvalue weighted by Gasteiger charge is 2.13. The van der Waals surface area contributed by atoms with Gasteiger partial charge in [0.1, 0.15) is 17.4 Å². The van der Waals surface area contributed by atoms with E-state index in [2.05, 4.69) is 17.6 Å². The standard InChI is InChI=1S/C20H29N3O3/c1-4-5-12-26-13-6-11-22-15-18(14-21)20(24)23-16(2)17-7-9-19(25-3)10-8-17/h7-10,15-16,22H,4-6,11-13H2,1-3H3,(H,23,24)/b18-15-. The number of carbonyl (C=O) groups excluding carboxylic acids is 1. The van der Waals surface area contributed by atoms with Crippen LogP contribution in [0.3, 0.4) is 0 Å². The lowest BCUT2D eigenvalue weighted by Gasteiger charge is -2.14. The second-order valence-corrected chi connectivity index (χ2v) is 5.91. The molecule has 0 bridgehead atoms. The second kappa shape index (κ2) is 12.8. The topological polar surface area (TPSA) is 83.4 Å². The van der Waals surface area contributed by atoms with Crippen molar-refractivity contribution in [2.75, 3.05) is 26.9 Å². The SMILES string of the molecule is CCCCOCCCN/C=C(/C#N)C(=O)NC(C)c1ccc(OC)cc1. The molecule has 0 aliphatic heterocycles. The van der Waals surface area contributed by atoms with Crippen molar-refractivity contribution in [2.45, 2.75) is 39.2 Å². The van der Waals surface area contributed by atoms with Crippen molar-refractivity contribution in [3.8, 4) is 11.8 Å². The first-order valence-electron chi connectivity index (χ1n) is 8.98. The van der Waals surface area contributed by atoms with Crippen LogP contribution in [0.4, 0.5) is 0 Å². The number of benzene rings is 1. The van der Waals surface area contributed by atoms with Crippen LogP contribution in [0.2, 0.25) is 0 Å². The smallest absolute Gasteiger partial charge is 0.263 e. The summed E-state index contributed by atoms with van der Waals surface area (Å²) in [5, 5.41) is 15.0. The third-order valence-corrected chi connectivity index (χ3v) is 3.83. The molecule has 0 heterocycles. The van der Waals surface area contributed by atoms with Crippen LogP contribution >= 0.6 is 0 Å². The number of amides is 1. The van der Waals surface area contributed by atoms with Crippen LogP contribution in [0.1, 0.15) is 44.7 Å². The maximum absolute atomic E-state index is 12.2. The van der Waals surface area contributed by atoms with Gasteiger partial charge in [0.15, 0.2) is 0 Å². The number of hydrogen-bond acceptors (Lipinski definition) is 5. The third kappa shape index (κ3) is 8.04. The molecule has 1 aromatic carbocycles. The molecule has 0 aliphatic carbocycles. The Bertz CT molecular complexity index is 606. The van der Waals surface area contributed by atoms with Crippen molar-refractivity contribution in [2.24, 2.45) is 0 Å². The summed E-state index contributed by atoms with van der Waals surface area (Å²) < 4.78 is 10.6. The summed E-state index contributed by atoms with van der Waals surface area (Å²) in [4.78, 5) is 12.2. The fourth-order valence-electron chi connectivity index (χ4n) is 2.20. The summed E-state index contributed by atoms with van der Waals surface area (Å²) in [5.41, 5.74) is 0.992. The summed E-state index contributed by atoms with van der Waals surface area (Å²) in [6, 6.07) is 9.16. The molecule has 1 amide bonds. The summed E-state index contributed by atoms with van der Waals surface area (Å²) >= 11 is 0. The fraction of sp³-hybridized carbons (Fsp3) is 0.500. The van der Waals surface area contributed by atoms with Gasteiger partial charge in [-0.15, -0.1) is 0 Å². The molecular formula is C20H29N3O3. The lowest BCUT2D eigenvalue weighted by atomic mass is 10.1. The van der Waals surface area contributed by atoms with Crippen molar-refractivity contribution in [3.05, 3.63) is 41.6 Å². The number of methoxy groups -OCH3 is 1. The summed E-state index contributed by atoms with van der Waals surface area (Å²) in [5.74, 6) is 0.357. The van der Waals surface area contributed by atoms with Gasteiger partial charge in [0, 0.05) is 26.0 Å². The highest BCUT2D eigenvalue weighted by Crippen LogP contribution is 2.17. The minimum atomic E-state index is -0.400. The second-order valence-electron chi connectivity index (χ2n) is 5.91. The Labute approximate surface area is 156 Å². The van der Waals surface area contributed by atoms with Crippen LogP contribution in [0.25, 0.3) is 0 Å². The molecule has 6 heteroatoms. The molecule has 1 rings (SSSR count). The van der Waals surface area contributed by atoms with E-state index in [1.807, 2.05) is 37.3 Å². The van der Waals surface area contributed by atoms with E-state index in [0.29, 0.717) is 13.2 Å². The number of hydrogen-bond donors (Lipinski definition) is 2. The van der Waals surface area contributed by atoms with Gasteiger partial charge in [-0.2, -0.15) is 5.26 Å². The molecule has 0 saturated heterocycles. The van der Waals surface area contributed by atoms with Crippen molar-refractivity contribution in [1.29, 1.82) is 5.26 Å². The van der Waals surface area contributed by atoms with E-state index in [9.17, 15) is 10.1 Å². The van der Waals surface area contributed by atoms with Crippen LogP contribution in [-0.2, 0) is 9.53 Å². The molecule has 142 valence electrons. The maximum Gasteiger partial charge on any atom is 0.263 e. The highest BCUT2D eigenvalue weighted by atomic mass is 16.5. The molecule has 0 aromatic heterocycles. The average molecular weight is 359 g/mol. The third-order valence-electron chi connectivity index (χ3n) is 3.83. The maximum atomic E-state index is 12.2. The molecule has 26 heavy (non-hydrogen) atoms. The van der Waals surface area contributed by atoms with E-state index in [-0.39, 0.29) is 11.6 Å². The van der Waals surface area contributed by atoms with Gasteiger partial charge in [0.05, 0.1) is 13.2 Å². The van der Waals surface area contributed by atoms with Gasteiger partial charge in [0.2, 0.25) is 0 Å². The highest BCUT2D eigenvalue weighted by molar-refractivity contribution is 5.97. The molecule has 1 unspecified atom stereocenters. The Kier molecular flexibility index (Phi) is 10.6. The van der Waals surface area contributed by atoms with Crippen LogP contribution in [0, 0.1) is 11.3 Å². The van der Waals surface area contributed by atoms with Gasteiger partial charge in [-0.1, -0.05) is 25.5 Å². The van der Waals surface area contributed by atoms with Crippen molar-refractivity contribution in [1.82, 2.24) is 10.6 Å². The molecule has 1 aromatic rings. The van der Waals surface area contributed by atoms with Gasteiger partial charge in [0.25, 0.3) is 5.91 Å². The van der Waals surface area contributed by atoms with Gasteiger partial charge >= 0.3 is 0 Å². The Hall–Kier alpha value is -2.52. The zero-order valence-corrected chi connectivity index (χ0v) is 15.9. The van der Waals surface area contributed by atoms with Gasteiger partial charge < -0.3 is 20.1 Å². The lowest BCUT2D eigenvalue weighted by molar-refractivity contribution is -0.117. The minimum absolute atomic E-state index is 0.0530. The van der Waals surface area contributed by atoms with Crippen LogP contribution in [0.15, 0.2) is 36.0 Å². The van der Waals surface area contributed by atoms with E-state index in [1.54, 1.807) is 7.11 Å². The van der Waals surface area contributed by atoms with E-state index in [0.717, 1.165) is 37.2 Å². The monoisotopic (exact) mass is 359 g/mol. The van der Waals surface area contributed by atoms with E-state index < -0.39 is 5.91 Å². The minimum Gasteiger partial charge on any atom is -0.497 e. The molecule has 2 N–H and O–H groups in total. The van der Waals surface area contributed by atoms with Crippen molar-refractivity contribution in [3.63, 3.8) is 0 Å². The Morgan fingerprint density at radius 1 is 1.27 bits per heavy atom. The molecule has 0 spiro atoms. The Morgan fingerprint density at radius 2 is 1.96 bits per heavy atom. The number of nitrogens with one attached hydrogen (secondary N) is 2. The first-order valence-corrected chi connectivity index (χ1v) is 8.98. The summed E-state index contributed by atoms with van der Waals surface area (Å²) in [6.45, 7) is 6.10. The van der Waals surface area contributed by atoms with Gasteiger partial charge in [-0.05, 0) is 37.5 Å². The number of ether oxygens (including phenoxy) is 2. The summed E-state index contributed by atoms with van der Waals surface area (Å²) in [6.07, 6.45) is 4.47. The predicted octanol–water partition coefficient (Wildman–Crippen LogP) is 3.08. The van der Waals surface area contributed by atoms with Crippen molar-refractivity contribution >= 4 is 5.91 Å². The number of nitriles is 1. The van der Waals surface area contributed by atoms with Gasteiger partial charge in [-0.3, -0.25) is 4.79 Å². The molecule has 0 fully saturated rings. The molecule has 0 aliphatic rings. The van der Waals surface area contributed by atoms with Crippen LogP contribution < -0.4 is 15.4 Å². The normalized spacial score (nSPS) is 12.2. The lowest BCUT2D eigenvalue weighted by Crippen LogP contribution is -2.28. The fourth-order valence-corrected chi connectivity index (χ4v) is 2.20. The van der Waals surface area contributed by atoms with Crippen LogP contribution in [-0.4, -0.2) is 32.8 Å². The number of nitrogens with zero attached hydrogens (tertiary/aromatic N) is 1. The average Bonchev–Trinajstić information content (AvgIpc) is 2.66. The van der Waals surface area contributed by atoms with Crippen molar-refractivity contribution < 1.29 is 14.3 Å². The first-order chi connectivity index (χ1) is 12.6. The summed E-state index contributed by atoms with van der Waals surface area (Å²) in [7, 11) is 1.61. The number of unbranched alkanes of at least 4 members (excludes halogenated alkanes) is 1. The van der Waals surface area contributed by atoms with E-state index >= 15 is 0 Å². The van der Waals surface area contributed by atoms with E-state index in [4.69, 9.17) is 9.47 Å². The Morgan fingerprint density at radius 3 is 2.58 bits per heavy atom. The number of rotatable bonds is 12. The van der Waals surface area contributed by atoms with Crippen LogP contribution in [0.5, 0.6) is 5.75 Å². The molecule has 1 atom stereocenters. The van der Waals surface area contributed by atoms with E-state index in [1.165, 1.54) is 6.20 Å². The molecule has 6 nitrogen and oxygen atoms in total. The number of carbonyl (C=O) groups is 1. The molecule has 0 saturated carbocycles. The largest absolute Gasteiger partial charge is 0.497 e. The first kappa shape index (κ1) is 21.5. The quantitative estimate of drug-likeness (QED) is 0.340. The predicted molar refractivity (Wildman–Crippen MR) is 102 cm³/mol. The van der Waals surface area contributed by atoms with Gasteiger partial charge in [-0.25, -0.2) is 0 Å². The molecular weight excluding hydrogens is 330 g/mol. The Balaban J connectivity index is 2.40. The molecule has 0 radical (unpaired) electrons. The zero-order valence-electron chi connectivity index (χ0n) is 15.9. The zero-order chi connectivity index (χ0) is 19.2.